The average molecular weight is 406 g/mol. The fourth-order valence-electron chi connectivity index (χ4n) is 4.09. The molecule has 1 aliphatic heterocycles. The Balaban J connectivity index is 1.16. The molecule has 1 saturated carbocycles. The lowest BCUT2D eigenvalue weighted by Crippen LogP contribution is -2.34. The number of nitrogens with two attached hydrogens (primary N) is 1. The van der Waals surface area contributed by atoms with Crippen molar-refractivity contribution in [3.63, 3.8) is 0 Å². The molecule has 8 nitrogen and oxygen atoms in total. The summed E-state index contributed by atoms with van der Waals surface area (Å²) >= 11 is 0. The predicted molar refractivity (Wildman–Crippen MR) is 105 cm³/mol. The molecule has 0 amide bonds. The first-order valence-electron chi connectivity index (χ1n) is 9.84. The van der Waals surface area contributed by atoms with Gasteiger partial charge in [0.2, 0.25) is 5.88 Å². The predicted octanol–water partition coefficient (Wildman–Crippen LogP) is 1.98. The zero-order chi connectivity index (χ0) is 19.5. The van der Waals surface area contributed by atoms with E-state index >= 15 is 0 Å². The third-order valence-corrected chi connectivity index (χ3v) is 6.72. The van der Waals surface area contributed by atoms with Crippen LogP contribution in [0.5, 0.6) is 5.88 Å². The van der Waals surface area contributed by atoms with Crippen LogP contribution >= 0.6 is 0 Å². The highest BCUT2D eigenvalue weighted by molar-refractivity contribution is 7.84. The summed E-state index contributed by atoms with van der Waals surface area (Å²) in [7, 11) is -1.00. The van der Waals surface area contributed by atoms with Crippen LogP contribution in [0.15, 0.2) is 27.7 Å². The van der Waals surface area contributed by atoms with E-state index in [1.54, 1.807) is 18.5 Å². The van der Waals surface area contributed by atoms with Gasteiger partial charge in [0.1, 0.15) is 0 Å². The van der Waals surface area contributed by atoms with Crippen molar-refractivity contribution < 1.29 is 13.5 Å². The molecule has 0 spiro atoms. The second kappa shape index (κ2) is 8.57. The fourth-order valence-corrected chi connectivity index (χ4v) is 4.55. The smallest absolute Gasteiger partial charge is 0.324 e. The van der Waals surface area contributed by atoms with Crippen molar-refractivity contribution in [3.8, 4) is 5.88 Å². The number of anilines is 1. The third kappa shape index (κ3) is 4.52. The normalized spacial score (nSPS) is 23.6. The van der Waals surface area contributed by atoms with E-state index in [9.17, 15) is 4.21 Å². The van der Waals surface area contributed by atoms with E-state index in [1.165, 1.54) is 19.3 Å². The van der Waals surface area contributed by atoms with Gasteiger partial charge in [-0.2, -0.15) is 4.98 Å². The zero-order valence-electron chi connectivity index (χ0n) is 16.1. The quantitative estimate of drug-likeness (QED) is 0.710. The Hall–Kier alpha value is -2.00. The number of rotatable bonds is 8. The molecule has 0 radical (unpaired) electrons. The number of nitrogens with zero attached hydrogens (tertiary/aromatic N) is 4. The highest BCUT2D eigenvalue weighted by atomic mass is 32.2. The Labute approximate surface area is 167 Å². The topological polar surface area (TPSA) is 107 Å². The van der Waals surface area contributed by atoms with Crippen LogP contribution in [0.2, 0.25) is 0 Å². The van der Waals surface area contributed by atoms with Crippen LogP contribution < -0.4 is 15.4 Å². The molecule has 0 bridgehead atoms. The van der Waals surface area contributed by atoms with Crippen molar-refractivity contribution in [1.29, 1.82) is 0 Å². The third-order valence-electron chi connectivity index (χ3n) is 5.81. The molecule has 0 aromatic carbocycles. The fraction of sp³-hybridized carbons (Fsp3) is 0.632. The summed E-state index contributed by atoms with van der Waals surface area (Å²) in [6, 6.07) is 4.21. The maximum atomic E-state index is 11.4. The van der Waals surface area contributed by atoms with Gasteiger partial charge in [0, 0.05) is 31.6 Å². The van der Waals surface area contributed by atoms with Crippen molar-refractivity contribution in [3.05, 3.63) is 24.2 Å². The summed E-state index contributed by atoms with van der Waals surface area (Å²) in [5.74, 6) is 3.51. The lowest BCUT2D eigenvalue weighted by Gasteiger charge is -2.30. The van der Waals surface area contributed by atoms with Crippen LogP contribution in [0, 0.1) is 17.8 Å². The van der Waals surface area contributed by atoms with Gasteiger partial charge in [0.15, 0.2) is 5.82 Å². The van der Waals surface area contributed by atoms with Crippen molar-refractivity contribution in [2.24, 2.45) is 23.5 Å². The molecular formula is C19H27N5O3S. The molecule has 2 fully saturated rings. The van der Waals surface area contributed by atoms with Crippen molar-refractivity contribution in [1.82, 2.24) is 15.1 Å². The van der Waals surface area contributed by atoms with E-state index in [-0.39, 0.29) is 0 Å². The average Bonchev–Trinajstić information content (AvgIpc) is 3.33. The lowest BCUT2D eigenvalue weighted by atomic mass is 9.91. The van der Waals surface area contributed by atoms with E-state index in [2.05, 4.69) is 20.0 Å². The highest BCUT2D eigenvalue weighted by Gasteiger charge is 2.43. The molecule has 3 heterocycles. The first-order valence-corrected chi connectivity index (χ1v) is 11.4. The van der Waals surface area contributed by atoms with Gasteiger partial charge in [0.25, 0.3) is 0 Å². The van der Waals surface area contributed by atoms with Crippen LogP contribution in [0.4, 0.5) is 6.01 Å². The minimum Gasteiger partial charge on any atom is -0.478 e. The minimum atomic E-state index is -1.00. The largest absolute Gasteiger partial charge is 0.478 e. The molecule has 152 valence electrons. The van der Waals surface area contributed by atoms with Gasteiger partial charge in [0.05, 0.1) is 28.8 Å². The molecule has 2 aromatic heterocycles. The summed E-state index contributed by atoms with van der Waals surface area (Å²) in [6.07, 6.45) is 7.97. The molecule has 9 heteroatoms. The van der Waals surface area contributed by atoms with Crippen LogP contribution in [-0.4, -0.2) is 45.3 Å². The number of aromatic nitrogens is 3. The summed E-state index contributed by atoms with van der Waals surface area (Å²) in [5.41, 5.74) is 5.54. The number of ether oxygens (including phenoxy) is 1. The molecule has 2 aliphatic rings. The van der Waals surface area contributed by atoms with Crippen LogP contribution in [0.1, 0.15) is 31.5 Å². The van der Waals surface area contributed by atoms with Gasteiger partial charge >= 0.3 is 6.01 Å². The van der Waals surface area contributed by atoms with Crippen molar-refractivity contribution >= 4 is 16.8 Å². The van der Waals surface area contributed by atoms with Crippen molar-refractivity contribution in [2.75, 3.05) is 30.9 Å². The molecular weight excluding hydrogens is 378 g/mol. The first-order chi connectivity index (χ1) is 13.6. The van der Waals surface area contributed by atoms with Crippen LogP contribution in [0.3, 0.4) is 0 Å². The van der Waals surface area contributed by atoms with Crippen LogP contribution in [-0.2, 0) is 17.3 Å². The summed E-state index contributed by atoms with van der Waals surface area (Å²) in [4.78, 5) is 11.4. The van der Waals surface area contributed by atoms with E-state index in [4.69, 9.17) is 15.0 Å². The van der Waals surface area contributed by atoms with Gasteiger partial charge in [-0.3, -0.25) is 4.21 Å². The van der Waals surface area contributed by atoms with E-state index in [1.807, 2.05) is 6.07 Å². The monoisotopic (exact) mass is 405 g/mol. The maximum Gasteiger partial charge on any atom is 0.324 e. The Morgan fingerprint density at radius 1 is 1.36 bits per heavy atom. The Kier molecular flexibility index (Phi) is 5.91. The number of hydrogen-bond acceptors (Lipinski definition) is 8. The van der Waals surface area contributed by atoms with Gasteiger partial charge in [-0.1, -0.05) is 5.16 Å². The maximum absolute atomic E-state index is 11.4. The number of piperidine rings is 1. The summed E-state index contributed by atoms with van der Waals surface area (Å²) in [5, 5.41) is 3.87. The van der Waals surface area contributed by atoms with E-state index in [0.717, 1.165) is 42.2 Å². The highest BCUT2D eigenvalue weighted by Crippen LogP contribution is 2.49. The van der Waals surface area contributed by atoms with Gasteiger partial charge < -0.3 is 19.9 Å². The Morgan fingerprint density at radius 2 is 2.18 bits per heavy atom. The molecule has 3 atom stereocenters. The summed E-state index contributed by atoms with van der Waals surface area (Å²) < 4.78 is 22.4. The molecule has 28 heavy (non-hydrogen) atoms. The molecule has 2 N–H and O–H groups in total. The SMILES string of the molecule is CS(=O)c1ccc(OCC[C@@H]2C[C@@H]2C2CCN(c3nc(CN)no3)CC2)nc1. The summed E-state index contributed by atoms with van der Waals surface area (Å²) in [6.45, 7) is 2.92. The minimum absolute atomic E-state index is 0.309. The van der Waals surface area contributed by atoms with Gasteiger partial charge in [-0.15, -0.1) is 0 Å². The van der Waals surface area contributed by atoms with Crippen molar-refractivity contribution in [2.45, 2.75) is 37.1 Å². The molecule has 2 aromatic rings. The standard InChI is InChI=1S/C19H27N5O3S/c1-28(25)15-2-3-18(21-12-15)26-9-6-14-10-16(14)13-4-7-24(8-5-13)19-22-17(11-20)23-27-19/h2-3,12-14,16H,4-11,20H2,1H3/t14-,16-,28?/m1/s1. The molecule has 1 aliphatic carbocycles. The van der Waals surface area contributed by atoms with Gasteiger partial charge in [-0.05, 0) is 49.5 Å². The second-order valence-electron chi connectivity index (χ2n) is 7.60. The zero-order valence-corrected chi connectivity index (χ0v) is 16.9. The van der Waals surface area contributed by atoms with E-state index < -0.39 is 10.8 Å². The second-order valence-corrected chi connectivity index (χ2v) is 8.98. The Bertz CT molecular complexity index is 804. The number of pyridine rings is 1. The lowest BCUT2D eigenvalue weighted by molar-refractivity contribution is 0.274. The number of hydrogen-bond donors (Lipinski definition) is 1. The molecule has 1 unspecified atom stereocenters. The first kappa shape index (κ1) is 19.3. The van der Waals surface area contributed by atoms with Gasteiger partial charge in [-0.25, -0.2) is 4.98 Å². The molecule has 4 rings (SSSR count). The molecule has 1 saturated heterocycles. The van der Waals surface area contributed by atoms with E-state index in [0.29, 0.717) is 30.9 Å². The van der Waals surface area contributed by atoms with Crippen LogP contribution in [0.25, 0.3) is 0 Å². The Morgan fingerprint density at radius 3 is 2.82 bits per heavy atom.